The van der Waals surface area contributed by atoms with Crippen molar-refractivity contribution in [2.24, 2.45) is 5.73 Å². The van der Waals surface area contributed by atoms with Gasteiger partial charge in [0.25, 0.3) is 0 Å². The van der Waals surface area contributed by atoms with Gasteiger partial charge in [-0.25, -0.2) is 0 Å². The Bertz CT molecular complexity index is 328. The number of rotatable bonds is 6. The van der Waals surface area contributed by atoms with Gasteiger partial charge in [0.15, 0.2) is 0 Å². The third-order valence-corrected chi connectivity index (χ3v) is 2.67. The molecule has 0 saturated carbocycles. The highest BCUT2D eigenvalue weighted by molar-refractivity contribution is 6.30. The van der Waals surface area contributed by atoms with Crippen LogP contribution in [0.5, 0.6) is 5.75 Å². The molecule has 0 radical (unpaired) electrons. The van der Waals surface area contributed by atoms with Crippen molar-refractivity contribution in [3.05, 3.63) is 28.8 Å². The zero-order valence-corrected chi connectivity index (χ0v) is 10.8. The lowest BCUT2D eigenvalue weighted by Gasteiger charge is -2.16. The molecule has 1 unspecified atom stereocenters. The average Bonchev–Trinajstić information content (AvgIpc) is 2.27. The predicted octanol–water partition coefficient (Wildman–Crippen LogP) is 3.93. The summed E-state index contributed by atoms with van der Waals surface area (Å²) in [6.45, 7) is 4.92. The van der Waals surface area contributed by atoms with E-state index in [-0.39, 0.29) is 6.04 Å². The third-order valence-electron chi connectivity index (χ3n) is 2.43. The minimum absolute atomic E-state index is 0.00977. The lowest BCUT2D eigenvalue weighted by atomic mass is 10.0. The molecule has 0 saturated heterocycles. The van der Waals surface area contributed by atoms with E-state index in [2.05, 4.69) is 13.8 Å². The van der Waals surface area contributed by atoms with Crippen molar-refractivity contribution in [3.8, 4) is 5.75 Å². The van der Waals surface area contributed by atoms with Gasteiger partial charge in [-0.1, -0.05) is 31.9 Å². The van der Waals surface area contributed by atoms with Crippen LogP contribution in [-0.4, -0.2) is 6.61 Å². The molecule has 0 amide bonds. The molecule has 0 aliphatic carbocycles. The highest BCUT2D eigenvalue weighted by Gasteiger charge is 2.12. The molecular formula is C13H20ClNO. The van der Waals surface area contributed by atoms with Gasteiger partial charge in [0.2, 0.25) is 0 Å². The predicted molar refractivity (Wildman–Crippen MR) is 69.1 cm³/mol. The number of hydrogen-bond acceptors (Lipinski definition) is 2. The van der Waals surface area contributed by atoms with E-state index < -0.39 is 0 Å². The summed E-state index contributed by atoms with van der Waals surface area (Å²) in [6.07, 6.45) is 2.99. The van der Waals surface area contributed by atoms with E-state index in [0.717, 1.165) is 30.6 Å². The van der Waals surface area contributed by atoms with Gasteiger partial charge in [0.1, 0.15) is 5.75 Å². The molecule has 0 aliphatic heterocycles. The van der Waals surface area contributed by atoms with Crippen LogP contribution in [0.4, 0.5) is 0 Å². The molecule has 2 nitrogen and oxygen atoms in total. The summed E-state index contributed by atoms with van der Waals surface area (Å²) in [4.78, 5) is 0. The van der Waals surface area contributed by atoms with Gasteiger partial charge < -0.3 is 10.5 Å². The SMILES string of the molecule is CCCOc1ccc(Cl)cc1C(N)CCC. The Morgan fingerprint density at radius 2 is 2.06 bits per heavy atom. The van der Waals surface area contributed by atoms with Crippen molar-refractivity contribution in [1.29, 1.82) is 0 Å². The third kappa shape index (κ3) is 3.69. The molecule has 16 heavy (non-hydrogen) atoms. The van der Waals surface area contributed by atoms with Crippen LogP contribution in [-0.2, 0) is 0 Å². The summed E-state index contributed by atoms with van der Waals surface area (Å²) in [5.41, 5.74) is 7.12. The highest BCUT2D eigenvalue weighted by atomic mass is 35.5. The smallest absolute Gasteiger partial charge is 0.124 e. The van der Waals surface area contributed by atoms with E-state index in [9.17, 15) is 0 Å². The molecule has 0 heterocycles. The molecule has 2 N–H and O–H groups in total. The van der Waals surface area contributed by atoms with Crippen LogP contribution >= 0.6 is 11.6 Å². The van der Waals surface area contributed by atoms with Crippen molar-refractivity contribution in [3.63, 3.8) is 0 Å². The summed E-state index contributed by atoms with van der Waals surface area (Å²) < 4.78 is 5.67. The van der Waals surface area contributed by atoms with Gasteiger partial charge in [-0.2, -0.15) is 0 Å². The number of nitrogens with two attached hydrogens (primary N) is 1. The highest BCUT2D eigenvalue weighted by Crippen LogP contribution is 2.29. The standard InChI is InChI=1S/C13H20ClNO/c1-3-5-12(15)11-9-10(14)6-7-13(11)16-8-4-2/h6-7,9,12H,3-5,8,15H2,1-2H3. The topological polar surface area (TPSA) is 35.2 Å². The summed E-state index contributed by atoms with van der Waals surface area (Å²) in [6, 6.07) is 5.67. The monoisotopic (exact) mass is 241 g/mol. The van der Waals surface area contributed by atoms with Crippen LogP contribution < -0.4 is 10.5 Å². The van der Waals surface area contributed by atoms with Gasteiger partial charge in [0, 0.05) is 16.6 Å². The maximum atomic E-state index is 6.11. The van der Waals surface area contributed by atoms with E-state index in [0.29, 0.717) is 11.6 Å². The van der Waals surface area contributed by atoms with E-state index in [4.69, 9.17) is 22.1 Å². The van der Waals surface area contributed by atoms with Crippen LogP contribution in [0, 0.1) is 0 Å². The molecule has 1 aromatic rings. The number of hydrogen-bond donors (Lipinski definition) is 1. The molecule has 0 fully saturated rings. The molecule has 1 aromatic carbocycles. The zero-order valence-electron chi connectivity index (χ0n) is 10.0. The number of ether oxygens (including phenoxy) is 1. The van der Waals surface area contributed by atoms with Gasteiger partial charge in [-0.15, -0.1) is 0 Å². The van der Waals surface area contributed by atoms with Crippen molar-refractivity contribution >= 4 is 11.6 Å². The fraction of sp³-hybridized carbons (Fsp3) is 0.538. The average molecular weight is 242 g/mol. The molecular weight excluding hydrogens is 222 g/mol. The second-order valence-electron chi connectivity index (χ2n) is 3.93. The number of halogens is 1. The van der Waals surface area contributed by atoms with Crippen LogP contribution in [0.2, 0.25) is 5.02 Å². The lowest BCUT2D eigenvalue weighted by Crippen LogP contribution is -2.12. The van der Waals surface area contributed by atoms with Gasteiger partial charge in [-0.3, -0.25) is 0 Å². The zero-order chi connectivity index (χ0) is 12.0. The van der Waals surface area contributed by atoms with Crippen LogP contribution in [0.25, 0.3) is 0 Å². The van der Waals surface area contributed by atoms with Crippen molar-refractivity contribution in [2.45, 2.75) is 39.2 Å². The Hall–Kier alpha value is -0.730. The van der Waals surface area contributed by atoms with E-state index in [1.807, 2.05) is 18.2 Å². The van der Waals surface area contributed by atoms with E-state index in [1.165, 1.54) is 0 Å². The summed E-state index contributed by atoms with van der Waals surface area (Å²) >= 11 is 5.98. The fourth-order valence-corrected chi connectivity index (χ4v) is 1.80. The second kappa shape index (κ2) is 6.77. The van der Waals surface area contributed by atoms with Crippen LogP contribution in [0.3, 0.4) is 0 Å². The summed E-state index contributed by atoms with van der Waals surface area (Å²) in [5.74, 6) is 0.868. The minimum atomic E-state index is 0.00977. The second-order valence-corrected chi connectivity index (χ2v) is 4.36. The Morgan fingerprint density at radius 1 is 1.31 bits per heavy atom. The quantitative estimate of drug-likeness (QED) is 0.819. The molecule has 3 heteroatoms. The maximum Gasteiger partial charge on any atom is 0.124 e. The first kappa shape index (κ1) is 13.3. The maximum absolute atomic E-state index is 6.11. The number of benzene rings is 1. The first-order valence-electron chi connectivity index (χ1n) is 5.86. The molecule has 1 atom stereocenters. The Kier molecular flexibility index (Phi) is 5.64. The lowest BCUT2D eigenvalue weighted by molar-refractivity contribution is 0.311. The normalized spacial score (nSPS) is 12.5. The Labute approximate surface area is 103 Å². The van der Waals surface area contributed by atoms with Crippen LogP contribution in [0.1, 0.15) is 44.7 Å². The minimum Gasteiger partial charge on any atom is -0.493 e. The summed E-state index contributed by atoms with van der Waals surface area (Å²) in [7, 11) is 0. The Balaban J connectivity index is 2.88. The van der Waals surface area contributed by atoms with Gasteiger partial charge in [-0.05, 0) is 31.0 Å². The largest absolute Gasteiger partial charge is 0.493 e. The van der Waals surface area contributed by atoms with Crippen molar-refractivity contribution < 1.29 is 4.74 Å². The van der Waals surface area contributed by atoms with Crippen molar-refractivity contribution in [1.82, 2.24) is 0 Å². The first-order chi connectivity index (χ1) is 7.69. The summed E-state index contributed by atoms with van der Waals surface area (Å²) in [5, 5.41) is 0.713. The Morgan fingerprint density at radius 3 is 2.69 bits per heavy atom. The molecule has 0 aromatic heterocycles. The van der Waals surface area contributed by atoms with Crippen molar-refractivity contribution in [2.75, 3.05) is 6.61 Å². The van der Waals surface area contributed by atoms with Crippen LogP contribution in [0.15, 0.2) is 18.2 Å². The van der Waals surface area contributed by atoms with Gasteiger partial charge in [0.05, 0.1) is 6.61 Å². The first-order valence-corrected chi connectivity index (χ1v) is 6.24. The molecule has 0 aliphatic rings. The van der Waals surface area contributed by atoms with E-state index >= 15 is 0 Å². The molecule has 0 spiro atoms. The fourth-order valence-electron chi connectivity index (χ4n) is 1.62. The van der Waals surface area contributed by atoms with Gasteiger partial charge >= 0.3 is 0 Å². The van der Waals surface area contributed by atoms with E-state index in [1.54, 1.807) is 0 Å². The molecule has 1 rings (SSSR count). The molecule has 0 bridgehead atoms. The molecule has 90 valence electrons.